The van der Waals surface area contributed by atoms with Gasteiger partial charge in [-0.05, 0) is 6.92 Å². The summed E-state index contributed by atoms with van der Waals surface area (Å²) in [6.07, 6.45) is -2.27. The summed E-state index contributed by atoms with van der Waals surface area (Å²) >= 11 is 0. The van der Waals surface area contributed by atoms with Crippen LogP contribution in [-0.4, -0.2) is 31.8 Å². The molecule has 0 bridgehead atoms. The van der Waals surface area contributed by atoms with Gasteiger partial charge in [-0.2, -0.15) is 8.78 Å². The topological polar surface area (TPSA) is 52.6 Å². The first-order chi connectivity index (χ1) is 7.02. The average molecular weight is 226 g/mol. The van der Waals surface area contributed by atoms with Gasteiger partial charge in [-0.25, -0.2) is 14.0 Å². The first kappa shape index (κ1) is 13.5. The molecule has 0 fully saturated rings. The zero-order valence-electron chi connectivity index (χ0n) is 7.89. The Morgan fingerprint density at radius 2 is 1.67 bits per heavy atom. The van der Waals surface area contributed by atoms with E-state index in [9.17, 15) is 22.8 Å². The maximum atomic E-state index is 11.9. The largest absolute Gasteiger partial charge is 0.458 e. The Kier molecular flexibility index (Phi) is 6.16. The summed E-state index contributed by atoms with van der Waals surface area (Å²) in [5.41, 5.74) is -0.979. The molecule has 0 aromatic carbocycles. The van der Waals surface area contributed by atoms with Gasteiger partial charge in [0, 0.05) is 0 Å². The Bertz CT molecular complexity index is 271. The maximum absolute atomic E-state index is 11.9. The van der Waals surface area contributed by atoms with Crippen LogP contribution >= 0.6 is 0 Å². The van der Waals surface area contributed by atoms with Crippen LogP contribution in [0.4, 0.5) is 13.2 Å². The monoisotopic (exact) mass is 226 g/mol. The second-order valence-electron chi connectivity index (χ2n) is 2.29. The zero-order chi connectivity index (χ0) is 11.8. The van der Waals surface area contributed by atoms with E-state index in [1.807, 2.05) is 0 Å². The minimum absolute atomic E-state index is 0.0444. The molecule has 0 spiro atoms. The van der Waals surface area contributed by atoms with Crippen molar-refractivity contribution in [2.45, 2.75) is 6.92 Å². The lowest BCUT2D eigenvalue weighted by Gasteiger charge is -2.04. The summed E-state index contributed by atoms with van der Waals surface area (Å²) in [6, 6.07) is 0. The van der Waals surface area contributed by atoms with E-state index in [0.29, 0.717) is 0 Å². The van der Waals surface area contributed by atoms with E-state index in [1.165, 1.54) is 6.92 Å². The Labute approximate surface area is 83.7 Å². The van der Waals surface area contributed by atoms with Crippen molar-refractivity contribution in [3.05, 3.63) is 11.7 Å². The molecule has 0 saturated carbocycles. The van der Waals surface area contributed by atoms with Gasteiger partial charge >= 0.3 is 11.9 Å². The summed E-state index contributed by atoms with van der Waals surface area (Å²) in [5.74, 6) is -2.72. The lowest BCUT2D eigenvalue weighted by atomic mass is 10.3. The zero-order valence-corrected chi connectivity index (χ0v) is 7.89. The Hall–Kier alpha value is -1.53. The molecule has 0 aliphatic rings. The molecule has 0 atom stereocenters. The Morgan fingerprint density at radius 3 is 2.07 bits per heavy atom. The van der Waals surface area contributed by atoms with Crippen LogP contribution in [0.5, 0.6) is 0 Å². The van der Waals surface area contributed by atoms with Crippen LogP contribution < -0.4 is 0 Å². The lowest BCUT2D eigenvalue weighted by molar-refractivity contribution is -0.166. The molecule has 0 aliphatic heterocycles. The van der Waals surface area contributed by atoms with E-state index in [4.69, 9.17) is 0 Å². The molecule has 15 heavy (non-hydrogen) atoms. The van der Waals surface area contributed by atoms with Crippen LogP contribution in [0.25, 0.3) is 0 Å². The highest BCUT2D eigenvalue weighted by Gasteiger charge is 2.18. The number of ether oxygens (including phenoxy) is 2. The van der Waals surface area contributed by atoms with Crippen LogP contribution in [0.1, 0.15) is 6.92 Å². The van der Waals surface area contributed by atoms with Crippen LogP contribution in [0.15, 0.2) is 11.7 Å². The molecule has 0 radical (unpaired) electrons. The molecule has 7 heteroatoms. The van der Waals surface area contributed by atoms with Crippen LogP contribution in [0.2, 0.25) is 0 Å². The van der Waals surface area contributed by atoms with E-state index in [2.05, 4.69) is 9.47 Å². The molecular formula is C8H9F3O4. The minimum atomic E-state index is -2.27. The van der Waals surface area contributed by atoms with Gasteiger partial charge in [0.25, 0.3) is 6.08 Å². The second kappa shape index (κ2) is 6.86. The van der Waals surface area contributed by atoms with E-state index < -0.39 is 36.9 Å². The number of halogens is 3. The van der Waals surface area contributed by atoms with Gasteiger partial charge in [-0.3, -0.25) is 0 Å². The third-order valence-corrected chi connectivity index (χ3v) is 1.25. The van der Waals surface area contributed by atoms with Crippen LogP contribution in [0.3, 0.4) is 0 Å². The highest BCUT2D eigenvalue weighted by Crippen LogP contribution is 2.08. The quantitative estimate of drug-likeness (QED) is 0.534. The predicted molar refractivity (Wildman–Crippen MR) is 42.8 cm³/mol. The first-order valence-corrected chi connectivity index (χ1v) is 3.95. The number of hydrogen-bond acceptors (Lipinski definition) is 4. The van der Waals surface area contributed by atoms with Crippen molar-refractivity contribution in [3.63, 3.8) is 0 Å². The molecule has 0 N–H and O–H groups in total. The SMILES string of the molecule is CCOC(=O)C(=O)OCC(CF)=C(F)F. The van der Waals surface area contributed by atoms with Crippen LogP contribution in [0, 0.1) is 0 Å². The predicted octanol–water partition coefficient (Wildman–Crippen LogP) is 1.21. The maximum Gasteiger partial charge on any atom is 0.417 e. The number of carbonyl (C=O) groups excluding carboxylic acids is 2. The van der Waals surface area contributed by atoms with Crippen molar-refractivity contribution in [2.75, 3.05) is 19.9 Å². The smallest absolute Gasteiger partial charge is 0.417 e. The summed E-state index contributed by atoms with van der Waals surface area (Å²) in [5, 5.41) is 0. The summed E-state index contributed by atoms with van der Waals surface area (Å²) in [6.45, 7) is -0.995. The molecule has 0 amide bonds. The van der Waals surface area contributed by atoms with Crippen molar-refractivity contribution < 1.29 is 32.2 Å². The Morgan fingerprint density at radius 1 is 1.13 bits per heavy atom. The normalized spacial score (nSPS) is 9.33. The van der Waals surface area contributed by atoms with E-state index in [0.717, 1.165) is 0 Å². The summed E-state index contributed by atoms with van der Waals surface area (Å²) < 4.78 is 43.8. The summed E-state index contributed by atoms with van der Waals surface area (Å²) in [4.78, 5) is 21.3. The van der Waals surface area contributed by atoms with Gasteiger partial charge in [0.1, 0.15) is 13.3 Å². The highest BCUT2D eigenvalue weighted by molar-refractivity contribution is 6.29. The van der Waals surface area contributed by atoms with Gasteiger partial charge in [-0.1, -0.05) is 0 Å². The van der Waals surface area contributed by atoms with E-state index in [1.54, 1.807) is 0 Å². The van der Waals surface area contributed by atoms with E-state index in [-0.39, 0.29) is 6.61 Å². The highest BCUT2D eigenvalue weighted by atomic mass is 19.3. The average Bonchev–Trinajstić information content (AvgIpc) is 2.18. The minimum Gasteiger partial charge on any atom is -0.458 e. The molecule has 0 heterocycles. The number of carbonyl (C=O) groups is 2. The van der Waals surface area contributed by atoms with Gasteiger partial charge in [0.05, 0.1) is 12.2 Å². The molecular weight excluding hydrogens is 217 g/mol. The molecule has 0 aliphatic carbocycles. The molecule has 0 saturated heterocycles. The standard InChI is InChI=1S/C8H9F3O4/c1-2-14-7(12)8(13)15-4-5(3-9)6(10)11/h2-4H2,1H3. The molecule has 86 valence electrons. The van der Waals surface area contributed by atoms with Gasteiger partial charge in [0.15, 0.2) is 0 Å². The fraction of sp³-hybridized carbons (Fsp3) is 0.500. The van der Waals surface area contributed by atoms with E-state index >= 15 is 0 Å². The number of hydrogen-bond donors (Lipinski definition) is 0. The molecule has 0 unspecified atom stereocenters. The number of alkyl halides is 1. The van der Waals surface area contributed by atoms with Crippen molar-refractivity contribution >= 4 is 11.9 Å². The summed E-state index contributed by atoms with van der Waals surface area (Å²) in [7, 11) is 0. The van der Waals surface area contributed by atoms with Crippen molar-refractivity contribution in [2.24, 2.45) is 0 Å². The number of rotatable bonds is 4. The molecule has 0 rings (SSSR count). The third-order valence-electron chi connectivity index (χ3n) is 1.25. The second-order valence-corrected chi connectivity index (χ2v) is 2.29. The van der Waals surface area contributed by atoms with Crippen molar-refractivity contribution in [1.82, 2.24) is 0 Å². The first-order valence-electron chi connectivity index (χ1n) is 3.95. The fourth-order valence-corrected chi connectivity index (χ4v) is 0.545. The number of esters is 2. The lowest BCUT2D eigenvalue weighted by Crippen LogP contribution is -2.21. The third kappa shape index (κ3) is 5.04. The molecule has 0 aromatic heterocycles. The Balaban J connectivity index is 4.11. The molecule has 4 nitrogen and oxygen atoms in total. The molecule has 0 aromatic rings. The van der Waals surface area contributed by atoms with Gasteiger partial charge in [-0.15, -0.1) is 0 Å². The van der Waals surface area contributed by atoms with Crippen molar-refractivity contribution in [1.29, 1.82) is 0 Å². The van der Waals surface area contributed by atoms with Gasteiger partial charge < -0.3 is 9.47 Å². The van der Waals surface area contributed by atoms with Crippen molar-refractivity contribution in [3.8, 4) is 0 Å². The fourth-order valence-electron chi connectivity index (χ4n) is 0.545. The van der Waals surface area contributed by atoms with Gasteiger partial charge in [0.2, 0.25) is 0 Å². The van der Waals surface area contributed by atoms with Crippen LogP contribution in [-0.2, 0) is 19.1 Å².